The Kier molecular flexibility index (Phi) is 6.86. The molecule has 0 amide bonds. The van der Waals surface area contributed by atoms with Crippen LogP contribution in [0.2, 0.25) is 0 Å². The number of pyridine rings is 1. The average molecular weight is 354 g/mol. The number of ether oxygens (including phenoxy) is 1. The van der Waals surface area contributed by atoms with Crippen molar-refractivity contribution in [3.05, 3.63) is 54.2 Å². The molecular weight excluding hydrogens is 324 g/mol. The molecule has 0 unspecified atom stereocenters. The predicted molar refractivity (Wildman–Crippen MR) is 108 cm³/mol. The third-order valence-electron chi connectivity index (χ3n) is 5.00. The van der Waals surface area contributed by atoms with Crippen LogP contribution in [0.5, 0.6) is 0 Å². The number of aromatic nitrogens is 1. The number of anilines is 2. The first-order valence-electron chi connectivity index (χ1n) is 9.42. The van der Waals surface area contributed by atoms with E-state index >= 15 is 0 Å². The summed E-state index contributed by atoms with van der Waals surface area (Å²) in [5, 5.41) is 3.60. The molecule has 0 radical (unpaired) electrons. The minimum atomic E-state index is 0.711. The molecule has 1 aromatic heterocycles. The van der Waals surface area contributed by atoms with Gasteiger partial charge in [0.2, 0.25) is 0 Å². The van der Waals surface area contributed by atoms with Crippen molar-refractivity contribution >= 4 is 11.5 Å². The molecule has 140 valence electrons. The molecule has 1 saturated heterocycles. The summed E-state index contributed by atoms with van der Waals surface area (Å²) in [6.07, 6.45) is 3.22. The van der Waals surface area contributed by atoms with Crippen molar-refractivity contribution in [2.45, 2.75) is 13.0 Å². The zero-order valence-electron chi connectivity index (χ0n) is 15.9. The molecule has 3 rings (SSSR count). The van der Waals surface area contributed by atoms with Crippen molar-refractivity contribution in [1.29, 1.82) is 0 Å². The van der Waals surface area contributed by atoms with Gasteiger partial charge >= 0.3 is 0 Å². The Hall–Kier alpha value is -2.11. The van der Waals surface area contributed by atoms with Gasteiger partial charge in [0.1, 0.15) is 5.82 Å². The fourth-order valence-corrected chi connectivity index (χ4v) is 3.38. The lowest BCUT2D eigenvalue weighted by Crippen LogP contribution is -2.26. The second-order valence-corrected chi connectivity index (χ2v) is 7.01. The van der Waals surface area contributed by atoms with E-state index in [4.69, 9.17) is 4.74 Å². The van der Waals surface area contributed by atoms with Crippen LogP contribution in [0.1, 0.15) is 12.0 Å². The summed E-state index contributed by atoms with van der Waals surface area (Å²) in [7, 11) is 3.76. The molecular formula is C21H30N4O. The maximum absolute atomic E-state index is 5.11. The number of methoxy groups -OCH3 is 1. The van der Waals surface area contributed by atoms with Crippen molar-refractivity contribution in [1.82, 2.24) is 10.3 Å². The van der Waals surface area contributed by atoms with E-state index in [1.165, 1.54) is 17.7 Å². The van der Waals surface area contributed by atoms with Gasteiger partial charge in [0.25, 0.3) is 0 Å². The van der Waals surface area contributed by atoms with E-state index in [-0.39, 0.29) is 0 Å². The van der Waals surface area contributed by atoms with E-state index in [0.29, 0.717) is 12.5 Å². The molecule has 2 aromatic rings. The lowest BCUT2D eigenvalue weighted by atomic mass is 10.1. The molecule has 0 aliphatic carbocycles. The summed E-state index contributed by atoms with van der Waals surface area (Å²) in [5.41, 5.74) is 2.57. The molecule has 1 N–H and O–H groups in total. The van der Waals surface area contributed by atoms with Gasteiger partial charge in [0.05, 0.1) is 6.61 Å². The van der Waals surface area contributed by atoms with Crippen LogP contribution in [0.25, 0.3) is 0 Å². The summed E-state index contributed by atoms with van der Waals surface area (Å²) in [5.74, 6) is 1.70. The first kappa shape index (κ1) is 18.7. The highest BCUT2D eigenvalue weighted by atomic mass is 16.5. The molecule has 1 aromatic carbocycles. The largest absolute Gasteiger partial charge is 0.383 e. The zero-order valence-corrected chi connectivity index (χ0v) is 15.9. The number of nitrogens with zero attached hydrogens (tertiary/aromatic N) is 3. The van der Waals surface area contributed by atoms with E-state index in [9.17, 15) is 0 Å². The van der Waals surface area contributed by atoms with Crippen molar-refractivity contribution in [3.63, 3.8) is 0 Å². The van der Waals surface area contributed by atoms with Crippen LogP contribution in [0.15, 0.2) is 48.7 Å². The van der Waals surface area contributed by atoms with Gasteiger partial charge < -0.3 is 19.9 Å². The highest BCUT2D eigenvalue weighted by Gasteiger charge is 2.22. The number of nitrogens with one attached hydrogen (secondary N) is 1. The summed E-state index contributed by atoms with van der Waals surface area (Å²) in [6.45, 7) is 5.78. The Morgan fingerprint density at radius 2 is 2.08 bits per heavy atom. The summed E-state index contributed by atoms with van der Waals surface area (Å²) < 4.78 is 5.11. The molecule has 1 atom stereocenters. The van der Waals surface area contributed by atoms with Gasteiger partial charge in [-0.1, -0.05) is 24.3 Å². The molecule has 1 aliphatic heterocycles. The topological polar surface area (TPSA) is 40.6 Å². The standard InChI is InChI=1S/C21H30N4O/c1-24(12-13-26-2)21-9-8-18(16-23-21)14-22-15-19-10-11-25(17-19)20-6-4-3-5-7-20/h3-9,16,19,22H,10-15,17H2,1-2H3/t19-/m0/s1. The minimum Gasteiger partial charge on any atom is -0.383 e. The van der Waals surface area contributed by atoms with E-state index < -0.39 is 0 Å². The van der Waals surface area contributed by atoms with Gasteiger partial charge in [-0.3, -0.25) is 0 Å². The molecule has 0 saturated carbocycles. The quantitative estimate of drug-likeness (QED) is 0.750. The maximum atomic E-state index is 5.11. The van der Waals surface area contributed by atoms with Crippen LogP contribution in [0, 0.1) is 5.92 Å². The smallest absolute Gasteiger partial charge is 0.128 e. The van der Waals surface area contributed by atoms with Crippen molar-refractivity contribution in [2.24, 2.45) is 5.92 Å². The fourth-order valence-electron chi connectivity index (χ4n) is 3.38. The summed E-state index contributed by atoms with van der Waals surface area (Å²) in [6, 6.07) is 14.9. The lowest BCUT2D eigenvalue weighted by Gasteiger charge is -2.19. The molecule has 1 fully saturated rings. The Morgan fingerprint density at radius 1 is 1.23 bits per heavy atom. The van der Waals surface area contributed by atoms with Gasteiger partial charge in [-0.25, -0.2) is 4.98 Å². The second kappa shape index (κ2) is 9.55. The molecule has 5 heteroatoms. The average Bonchev–Trinajstić information content (AvgIpc) is 3.16. The molecule has 5 nitrogen and oxygen atoms in total. The van der Waals surface area contributed by atoms with Crippen molar-refractivity contribution in [2.75, 3.05) is 56.7 Å². The lowest BCUT2D eigenvalue weighted by molar-refractivity contribution is 0.206. The number of para-hydroxylation sites is 1. The highest BCUT2D eigenvalue weighted by Crippen LogP contribution is 2.23. The number of hydrogen-bond donors (Lipinski definition) is 1. The van der Waals surface area contributed by atoms with Crippen LogP contribution < -0.4 is 15.1 Å². The molecule has 0 bridgehead atoms. The van der Waals surface area contributed by atoms with Gasteiger partial charge in [0, 0.05) is 58.8 Å². The van der Waals surface area contributed by atoms with Gasteiger partial charge in [-0.2, -0.15) is 0 Å². The Labute approximate surface area is 157 Å². The van der Waals surface area contributed by atoms with E-state index in [2.05, 4.69) is 62.6 Å². The predicted octanol–water partition coefficient (Wildman–Crippen LogP) is 2.78. The molecule has 1 aliphatic rings. The first-order chi connectivity index (χ1) is 12.8. The van der Waals surface area contributed by atoms with Crippen LogP contribution in [-0.4, -0.2) is 51.9 Å². The Balaban J connectivity index is 1.40. The third kappa shape index (κ3) is 5.19. The van der Waals surface area contributed by atoms with Gasteiger partial charge in [0.15, 0.2) is 0 Å². The van der Waals surface area contributed by atoms with Crippen LogP contribution in [0.4, 0.5) is 11.5 Å². The van der Waals surface area contributed by atoms with Crippen molar-refractivity contribution < 1.29 is 4.74 Å². The number of rotatable bonds is 9. The Bertz CT molecular complexity index is 647. The van der Waals surface area contributed by atoms with Gasteiger partial charge in [-0.15, -0.1) is 0 Å². The molecule has 26 heavy (non-hydrogen) atoms. The SMILES string of the molecule is COCCN(C)c1ccc(CNC[C@@H]2CCN(c3ccccc3)C2)cn1. The van der Waals surface area contributed by atoms with Crippen LogP contribution in [-0.2, 0) is 11.3 Å². The number of likely N-dealkylation sites (N-methyl/N-ethyl adjacent to an activating group) is 1. The van der Waals surface area contributed by atoms with Gasteiger partial charge in [-0.05, 0) is 36.1 Å². The minimum absolute atomic E-state index is 0.711. The van der Waals surface area contributed by atoms with E-state index in [0.717, 1.165) is 38.5 Å². The van der Waals surface area contributed by atoms with Crippen LogP contribution >= 0.6 is 0 Å². The monoisotopic (exact) mass is 354 g/mol. The van der Waals surface area contributed by atoms with E-state index in [1.807, 2.05) is 13.2 Å². The first-order valence-corrected chi connectivity index (χ1v) is 9.42. The summed E-state index contributed by atoms with van der Waals surface area (Å²) >= 11 is 0. The van der Waals surface area contributed by atoms with Crippen molar-refractivity contribution in [3.8, 4) is 0 Å². The number of benzene rings is 1. The summed E-state index contributed by atoms with van der Waals surface area (Å²) in [4.78, 5) is 9.15. The van der Waals surface area contributed by atoms with Crippen LogP contribution in [0.3, 0.4) is 0 Å². The number of hydrogen-bond acceptors (Lipinski definition) is 5. The molecule has 0 spiro atoms. The maximum Gasteiger partial charge on any atom is 0.128 e. The Morgan fingerprint density at radius 3 is 2.81 bits per heavy atom. The third-order valence-corrected chi connectivity index (χ3v) is 5.00. The zero-order chi connectivity index (χ0) is 18.2. The normalized spacial score (nSPS) is 16.8. The van der Waals surface area contributed by atoms with E-state index in [1.54, 1.807) is 7.11 Å². The highest BCUT2D eigenvalue weighted by molar-refractivity contribution is 5.46. The molecule has 2 heterocycles. The second-order valence-electron chi connectivity index (χ2n) is 7.01. The fraction of sp³-hybridized carbons (Fsp3) is 0.476.